The fourth-order valence-electron chi connectivity index (χ4n) is 2.47. The normalized spacial score (nSPS) is 10.1. The van der Waals surface area contributed by atoms with Crippen molar-refractivity contribution >= 4 is 11.8 Å². The lowest BCUT2D eigenvalue weighted by Gasteiger charge is -2.17. The van der Waals surface area contributed by atoms with Gasteiger partial charge in [0.25, 0.3) is 0 Å². The molecule has 0 atom stereocenters. The maximum atomic E-state index is 12.2. The number of carbonyl (C=O) groups excluding carboxylic acids is 2. The summed E-state index contributed by atoms with van der Waals surface area (Å²) in [6.07, 6.45) is -0.184. The molecular formula is C20H24N2O4. The Morgan fingerprint density at radius 1 is 0.962 bits per heavy atom. The van der Waals surface area contributed by atoms with Gasteiger partial charge in [0.2, 0.25) is 11.8 Å². The maximum absolute atomic E-state index is 12.2. The minimum absolute atomic E-state index is 0.184. The first kappa shape index (κ1) is 19.3. The van der Waals surface area contributed by atoms with Crippen molar-refractivity contribution in [2.24, 2.45) is 0 Å². The smallest absolute Gasteiger partial charge is 0.232 e. The number of ether oxygens (including phenoxy) is 2. The molecule has 138 valence electrons. The predicted molar refractivity (Wildman–Crippen MR) is 98.9 cm³/mol. The molecule has 0 aliphatic carbocycles. The third-order valence-electron chi connectivity index (χ3n) is 3.94. The molecule has 6 nitrogen and oxygen atoms in total. The summed E-state index contributed by atoms with van der Waals surface area (Å²) in [7, 11) is 4.81. The topological polar surface area (TPSA) is 67.9 Å². The van der Waals surface area contributed by atoms with Crippen molar-refractivity contribution in [1.82, 2.24) is 10.2 Å². The van der Waals surface area contributed by atoms with Gasteiger partial charge in [-0.05, 0) is 23.3 Å². The number of nitrogens with zero attached hydrogens (tertiary/aromatic N) is 1. The molecular weight excluding hydrogens is 332 g/mol. The van der Waals surface area contributed by atoms with Gasteiger partial charge in [0, 0.05) is 20.1 Å². The zero-order valence-corrected chi connectivity index (χ0v) is 15.3. The second kappa shape index (κ2) is 9.46. The quantitative estimate of drug-likeness (QED) is 0.738. The van der Waals surface area contributed by atoms with Gasteiger partial charge in [-0.3, -0.25) is 9.59 Å². The maximum Gasteiger partial charge on any atom is 0.232 e. The summed E-state index contributed by atoms with van der Waals surface area (Å²) in [4.78, 5) is 25.8. The van der Waals surface area contributed by atoms with E-state index in [0.717, 1.165) is 11.1 Å². The molecule has 2 rings (SSSR count). The third kappa shape index (κ3) is 5.51. The number of hydrogen-bond acceptors (Lipinski definition) is 4. The second-order valence-electron chi connectivity index (χ2n) is 5.88. The average Bonchev–Trinajstić information content (AvgIpc) is 2.66. The van der Waals surface area contributed by atoms with Crippen LogP contribution in [-0.2, 0) is 22.7 Å². The fourth-order valence-corrected chi connectivity index (χ4v) is 2.47. The summed E-state index contributed by atoms with van der Waals surface area (Å²) < 4.78 is 10.4. The van der Waals surface area contributed by atoms with Gasteiger partial charge >= 0.3 is 0 Å². The molecule has 2 aromatic carbocycles. The van der Waals surface area contributed by atoms with E-state index in [-0.39, 0.29) is 18.2 Å². The van der Waals surface area contributed by atoms with Crippen molar-refractivity contribution in [3.8, 4) is 11.5 Å². The van der Waals surface area contributed by atoms with Gasteiger partial charge in [-0.25, -0.2) is 0 Å². The van der Waals surface area contributed by atoms with Gasteiger partial charge in [-0.1, -0.05) is 36.4 Å². The Bertz CT molecular complexity index is 747. The van der Waals surface area contributed by atoms with Crippen LogP contribution in [0.1, 0.15) is 17.5 Å². The van der Waals surface area contributed by atoms with Crippen LogP contribution in [0.25, 0.3) is 0 Å². The molecule has 6 heteroatoms. The standard InChI is InChI=1S/C20H24N2O4/c1-22(14-15-7-5-4-6-8-15)20(24)12-19(23)21-13-16-9-10-17(25-2)18(11-16)26-3/h4-11H,12-14H2,1-3H3,(H,21,23). The summed E-state index contributed by atoms with van der Waals surface area (Å²) in [6.45, 7) is 0.789. The number of hydrogen-bond donors (Lipinski definition) is 1. The van der Waals surface area contributed by atoms with Crippen LogP contribution in [0.4, 0.5) is 0 Å². The summed E-state index contributed by atoms with van der Waals surface area (Å²) >= 11 is 0. The first-order valence-corrected chi connectivity index (χ1v) is 8.29. The summed E-state index contributed by atoms with van der Waals surface area (Å²) in [5.74, 6) is 0.682. The molecule has 0 fully saturated rings. The molecule has 0 spiro atoms. The molecule has 2 amide bonds. The number of carbonyl (C=O) groups is 2. The molecule has 0 radical (unpaired) electrons. The van der Waals surface area contributed by atoms with Gasteiger partial charge in [-0.15, -0.1) is 0 Å². The largest absolute Gasteiger partial charge is 0.493 e. The van der Waals surface area contributed by atoms with E-state index in [2.05, 4.69) is 5.32 Å². The molecule has 0 unspecified atom stereocenters. The van der Waals surface area contributed by atoms with Crippen LogP contribution < -0.4 is 14.8 Å². The van der Waals surface area contributed by atoms with Crippen molar-refractivity contribution in [3.63, 3.8) is 0 Å². The number of rotatable bonds is 8. The van der Waals surface area contributed by atoms with Crippen molar-refractivity contribution in [2.75, 3.05) is 21.3 Å². The van der Waals surface area contributed by atoms with Gasteiger partial charge in [0.05, 0.1) is 14.2 Å². The van der Waals surface area contributed by atoms with Gasteiger partial charge in [-0.2, -0.15) is 0 Å². The summed E-state index contributed by atoms with van der Waals surface area (Å²) in [5.41, 5.74) is 1.88. The monoisotopic (exact) mass is 356 g/mol. The molecule has 1 N–H and O–H groups in total. The highest BCUT2D eigenvalue weighted by Gasteiger charge is 2.14. The van der Waals surface area contributed by atoms with E-state index in [1.807, 2.05) is 36.4 Å². The van der Waals surface area contributed by atoms with E-state index >= 15 is 0 Å². The average molecular weight is 356 g/mol. The summed E-state index contributed by atoms with van der Waals surface area (Å²) in [5, 5.41) is 2.75. The highest BCUT2D eigenvalue weighted by molar-refractivity contribution is 5.96. The Morgan fingerprint density at radius 2 is 1.65 bits per heavy atom. The van der Waals surface area contributed by atoms with Gasteiger partial charge in [0.15, 0.2) is 11.5 Å². The molecule has 0 saturated carbocycles. The minimum Gasteiger partial charge on any atom is -0.493 e. The Labute approximate surface area is 153 Å². The Morgan fingerprint density at radius 3 is 2.31 bits per heavy atom. The fraction of sp³-hybridized carbons (Fsp3) is 0.300. The highest BCUT2D eigenvalue weighted by atomic mass is 16.5. The van der Waals surface area contributed by atoms with Crippen LogP contribution in [0.3, 0.4) is 0 Å². The van der Waals surface area contributed by atoms with E-state index in [4.69, 9.17) is 9.47 Å². The molecule has 0 saturated heterocycles. The lowest BCUT2D eigenvalue weighted by molar-refractivity contribution is -0.135. The van der Waals surface area contributed by atoms with E-state index in [9.17, 15) is 9.59 Å². The lowest BCUT2D eigenvalue weighted by atomic mass is 10.2. The van der Waals surface area contributed by atoms with Crippen molar-refractivity contribution < 1.29 is 19.1 Å². The van der Waals surface area contributed by atoms with Crippen LogP contribution in [-0.4, -0.2) is 38.0 Å². The van der Waals surface area contributed by atoms with Crippen LogP contribution in [0.2, 0.25) is 0 Å². The number of amides is 2. The number of benzene rings is 2. The molecule has 0 aliphatic heterocycles. The minimum atomic E-state index is -0.315. The third-order valence-corrected chi connectivity index (χ3v) is 3.94. The number of nitrogens with one attached hydrogen (secondary N) is 1. The zero-order chi connectivity index (χ0) is 18.9. The van der Waals surface area contributed by atoms with Crippen molar-refractivity contribution in [3.05, 3.63) is 59.7 Å². The Balaban J connectivity index is 1.83. The van der Waals surface area contributed by atoms with E-state index < -0.39 is 0 Å². The molecule has 0 heterocycles. The van der Waals surface area contributed by atoms with E-state index in [1.54, 1.807) is 38.3 Å². The Hall–Kier alpha value is -3.02. The summed E-state index contributed by atoms with van der Waals surface area (Å²) in [6, 6.07) is 15.1. The molecule has 0 bridgehead atoms. The first-order valence-electron chi connectivity index (χ1n) is 8.29. The molecule has 0 aromatic heterocycles. The number of methoxy groups -OCH3 is 2. The van der Waals surface area contributed by atoms with Crippen molar-refractivity contribution in [2.45, 2.75) is 19.5 Å². The van der Waals surface area contributed by atoms with Crippen LogP contribution in [0, 0.1) is 0 Å². The highest BCUT2D eigenvalue weighted by Crippen LogP contribution is 2.27. The first-order chi connectivity index (χ1) is 12.5. The predicted octanol–water partition coefficient (Wildman–Crippen LogP) is 2.37. The van der Waals surface area contributed by atoms with E-state index in [0.29, 0.717) is 24.6 Å². The van der Waals surface area contributed by atoms with Crippen LogP contribution >= 0.6 is 0 Å². The van der Waals surface area contributed by atoms with E-state index in [1.165, 1.54) is 0 Å². The van der Waals surface area contributed by atoms with Crippen LogP contribution in [0.15, 0.2) is 48.5 Å². The SMILES string of the molecule is COc1ccc(CNC(=O)CC(=O)N(C)Cc2ccccc2)cc1OC. The molecule has 2 aromatic rings. The van der Waals surface area contributed by atoms with Gasteiger partial charge in [0.1, 0.15) is 6.42 Å². The second-order valence-corrected chi connectivity index (χ2v) is 5.88. The Kier molecular flexibility index (Phi) is 7.02. The lowest BCUT2D eigenvalue weighted by Crippen LogP contribution is -2.32. The van der Waals surface area contributed by atoms with Crippen molar-refractivity contribution in [1.29, 1.82) is 0 Å². The molecule has 26 heavy (non-hydrogen) atoms. The zero-order valence-electron chi connectivity index (χ0n) is 15.3. The molecule has 0 aliphatic rings. The van der Waals surface area contributed by atoms with Gasteiger partial charge < -0.3 is 19.7 Å². The van der Waals surface area contributed by atoms with Crippen LogP contribution in [0.5, 0.6) is 11.5 Å².